The van der Waals surface area contributed by atoms with E-state index < -0.39 is 25.0 Å². The van der Waals surface area contributed by atoms with Crippen molar-refractivity contribution in [1.82, 2.24) is 4.98 Å². The van der Waals surface area contributed by atoms with Crippen LogP contribution in [0.5, 0.6) is 0 Å². The highest BCUT2D eigenvalue weighted by molar-refractivity contribution is 7.75. The summed E-state index contributed by atoms with van der Waals surface area (Å²) in [6.07, 6.45) is -4.63. The van der Waals surface area contributed by atoms with E-state index in [-0.39, 0.29) is 26.7 Å². The van der Waals surface area contributed by atoms with Gasteiger partial charge in [-0.3, -0.25) is 9.36 Å². The van der Waals surface area contributed by atoms with Crippen molar-refractivity contribution < 1.29 is 27.1 Å². The van der Waals surface area contributed by atoms with E-state index in [1.54, 1.807) is 6.07 Å². The summed E-state index contributed by atoms with van der Waals surface area (Å²) in [6, 6.07) is 8.47. The molecule has 0 aliphatic rings. The molecule has 0 bridgehead atoms. The summed E-state index contributed by atoms with van der Waals surface area (Å²) in [5, 5.41) is 0.224. The summed E-state index contributed by atoms with van der Waals surface area (Å²) >= 11 is 5.99. The van der Waals surface area contributed by atoms with Crippen molar-refractivity contribution in [3.05, 3.63) is 58.7 Å². The van der Waals surface area contributed by atoms with E-state index in [4.69, 9.17) is 21.9 Å². The molecule has 1 aromatic heterocycles. The number of aromatic nitrogens is 1. The molecule has 10 heteroatoms. The zero-order valence-corrected chi connectivity index (χ0v) is 15.5. The van der Waals surface area contributed by atoms with E-state index >= 15 is 0 Å². The lowest BCUT2D eigenvalue weighted by molar-refractivity contribution is -0.137. The number of nitrogens with two attached hydrogens (primary N) is 1. The number of hydrogen-bond donors (Lipinski definition) is 2. The molecule has 3 N–H and O–H groups in total. The number of H-pyrrole nitrogens is 1. The molecule has 27 heavy (non-hydrogen) atoms. The van der Waals surface area contributed by atoms with E-state index in [1.165, 1.54) is 18.2 Å². The molecule has 2 aromatic carbocycles. The fraction of sp³-hybridized carbons (Fsp3) is 0.118. The molecule has 0 saturated carbocycles. The quantitative estimate of drug-likeness (QED) is 0.634. The molecular formula is C17H13ClF3N2O3P. The summed E-state index contributed by atoms with van der Waals surface area (Å²) in [4.78, 5) is 14.6. The number of primary amides is 1. The van der Waals surface area contributed by atoms with Gasteiger partial charge >= 0.3 is 6.18 Å². The Balaban J connectivity index is 2.36. The Morgan fingerprint density at radius 1 is 1.22 bits per heavy atom. The van der Waals surface area contributed by atoms with Crippen LogP contribution in [0.15, 0.2) is 42.5 Å². The Morgan fingerprint density at radius 2 is 1.93 bits per heavy atom. The monoisotopic (exact) mass is 416 g/mol. The van der Waals surface area contributed by atoms with E-state index in [0.29, 0.717) is 5.52 Å². The van der Waals surface area contributed by atoms with Gasteiger partial charge in [-0.15, -0.1) is 0 Å². The summed E-state index contributed by atoms with van der Waals surface area (Å²) < 4.78 is 58.2. The lowest BCUT2D eigenvalue weighted by atomic mass is 10.2. The summed E-state index contributed by atoms with van der Waals surface area (Å²) in [5.74, 6) is -0.929. The average molecular weight is 417 g/mol. The standard InChI is InChI=1S/C17H13ClF3N2O3P/c1-26-27(25,11-4-2-3-9(7-11)17(19,20)21)15-12-8-10(18)5-6-13(12)23-14(15)16(22)24/h2-8,23H,1H3,(H2,22,24). The number of benzene rings is 2. The summed E-state index contributed by atoms with van der Waals surface area (Å²) in [7, 11) is -3.01. The van der Waals surface area contributed by atoms with Gasteiger partial charge in [0, 0.05) is 28.3 Å². The second-order valence-electron chi connectivity index (χ2n) is 5.68. The van der Waals surface area contributed by atoms with Crippen LogP contribution < -0.4 is 16.3 Å². The van der Waals surface area contributed by atoms with Crippen LogP contribution in [-0.2, 0) is 15.3 Å². The molecule has 1 heterocycles. The predicted molar refractivity (Wildman–Crippen MR) is 97.2 cm³/mol. The maximum atomic E-state index is 13.7. The maximum Gasteiger partial charge on any atom is 0.416 e. The van der Waals surface area contributed by atoms with Crippen molar-refractivity contribution in [1.29, 1.82) is 0 Å². The number of carbonyl (C=O) groups excluding carboxylic acids is 1. The number of halogens is 4. The second-order valence-corrected chi connectivity index (χ2v) is 8.55. The van der Waals surface area contributed by atoms with Crippen molar-refractivity contribution >= 4 is 46.4 Å². The van der Waals surface area contributed by atoms with Gasteiger partial charge in [-0.2, -0.15) is 13.2 Å². The number of aromatic amines is 1. The molecule has 1 atom stereocenters. The van der Waals surface area contributed by atoms with Gasteiger partial charge in [-0.1, -0.05) is 17.7 Å². The SMILES string of the molecule is COP(=O)(c1cccc(C(F)(F)F)c1)c1c(C(N)=O)[nH]c2ccc(Cl)cc12. The average Bonchev–Trinajstić information content (AvgIpc) is 3.00. The van der Waals surface area contributed by atoms with Gasteiger partial charge < -0.3 is 15.2 Å². The highest BCUT2D eigenvalue weighted by atomic mass is 35.5. The molecule has 142 valence electrons. The van der Waals surface area contributed by atoms with Crippen LogP contribution in [-0.4, -0.2) is 18.0 Å². The van der Waals surface area contributed by atoms with Crippen LogP contribution in [0.1, 0.15) is 16.1 Å². The molecule has 3 rings (SSSR count). The molecule has 1 unspecified atom stereocenters. The van der Waals surface area contributed by atoms with Crippen molar-refractivity contribution in [2.24, 2.45) is 5.73 Å². The Hall–Kier alpha value is -2.28. The molecule has 0 aliphatic carbocycles. The summed E-state index contributed by atoms with van der Waals surface area (Å²) in [5.41, 5.74) is 4.58. The first-order valence-electron chi connectivity index (χ1n) is 7.53. The third-order valence-corrected chi connectivity index (χ3v) is 6.81. The smallest absolute Gasteiger partial charge is 0.364 e. The van der Waals surface area contributed by atoms with Crippen molar-refractivity contribution in [2.45, 2.75) is 6.18 Å². The molecule has 1 amide bonds. The number of alkyl halides is 3. The first-order valence-corrected chi connectivity index (χ1v) is 9.53. The minimum atomic E-state index is -4.63. The van der Waals surface area contributed by atoms with Gasteiger partial charge in [0.05, 0.1) is 10.9 Å². The number of nitrogens with one attached hydrogen (secondary N) is 1. The van der Waals surface area contributed by atoms with Crippen molar-refractivity contribution in [3.63, 3.8) is 0 Å². The van der Waals surface area contributed by atoms with Gasteiger partial charge in [0.15, 0.2) is 0 Å². The maximum absolute atomic E-state index is 13.7. The van der Waals surface area contributed by atoms with Gasteiger partial charge in [0.2, 0.25) is 0 Å². The fourth-order valence-electron chi connectivity index (χ4n) is 2.83. The van der Waals surface area contributed by atoms with E-state index in [2.05, 4.69) is 4.98 Å². The van der Waals surface area contributed by atoms with Crippen LogP contribution in [0.3, 0.4) is 0 Å². The van der Waals surface area contributed by atoms with Crippen LogP contribution >= 0.6 is 19.0 Å². The molecular weight excluding hydrogens is 404 g/mol. The van der Waals surface area contributed by atoms with Gasteiger partial charge in [-0.05, 0) is 36.4 Å². The molecule has 0 spiro atoms. The van der Waals surface area contributed by atoms with Crippen LogP contribution in [0, 0.1) is 0 Å². The largest absolute Gasteiger partial charge is 0.416 e. The Kier molecular flexibility index (Phi) is 4.84. The highest BCUT2D eigenvalue weighted by Gasteiger charge is 2.38. The minimum absolute atomic E-state index is 0.116. The number of rotatable bonds is 4. The molecule has 0 aliphatic heterocycles. The lowest BCUT2D eigenvalue weighted by Crippen LogP contribution is -2.26. The molecule has 0 radical (unpaired) electrons. The predicted octanol–water partition coefficient (Wildman–Crippen LogP) is 3.81. The Morgan fingerprint density at radius 3 is 2.52 bits per heavy atom. The Bertz CT molecular complexity index is 1090. The normalized spacial score (nSPS) is 14.3. The van der Waals surface area contributed by atoms with Crippen LogP contribution in [0.4, 0.5) is 13.2 Å². The lowest BCUT2D eigenvalue weighted by Gasteiger charge is -2.19. The van der Waals surface area contributed by atoms with Crippen LogP contribution in [0.2, 0.25) is 5.02 Å². The first kappa shape index (κ1) is 19.5. The van der Waals surface area contributed by atoms with E-state index in [0.717, 1.165) is 25.3 Å². The zero-order chi connectivity index (χ0) is 20.0. The van der Waals surface area contributed by atoms with Crippen molar-refractivity contribution in [3.8, 4) is 0 Å². The van der Waals surface area contributed by atoms with Gasteiger partial charge in [-0.25, -0.2) is 0 Å². The third kappa shape index (κ3) is 3.36. The minimum Gasteiger partial charge on any atom is -0.364 e. The number of carbonyl (C=O) groups is 1. The number of hydrogen-bond acceptors (Lipinski definition) is 3. The van der Waals surface area contributed by atoms with Gasteiger partial charge in [0.25, 0.3) is 13.3 Å². The van der Waals surface area contributed by atoms with E-state index in [9.17, 15) is 22.5 Å². The zero-order valence-electron chi connectivity index (χ0n) is 13.8. The molecule has 3 aromatic rings. The van der Waals surface area contributed by atoms with Crippen molar-refractivity contribution in [2.75, 3.05) is 7.11 Å². The molecule has 5 nitrogen and oxygen atoms in total. The first-order chi connectivity index (χ1) is 12.6. The third-order valence-electron chi connectivity index (χ3n) is 4.04. The van der Waals surface area contributed by atoms with Crippen LogP contribution in [0.25, 0.3) is 10.9 Å². The Labute approximate surface area is 156 Å². The van der Waals surface area contributed by atoms with Gasteiger partial charge in [0.1, 0.15) is 5.69 Å². The number of amides is 1. The topological polar surface area (TPSA) is 85.2 Å². The summed E-state index contributed by atoms with van der Waals surface area (Å²) in [6.45, 7) is 0. The number of fused-ring (bicyclic) bond motifs is 1. The fourth-order valence-corrected chi connectivity index (χ4v) is 5.20. The highest BCUT2D eigenvalue weighted by Crippen LogP contribution is 2.48. The molecule has 0 saturated heterocycles. The molecule has 0 fully saturated rings. The second kappa shape index (κ2) is 6.71. The van der Waals surface area contributed by atoms with E-state index in [1.807, 2.05) is 0 Å².